The number of amides is 1. The van der Waals surface area contributed by atoms with E-state index in [1.165, 1.54) is 15.9 Å². The predicted molar refractivity (Wildman–Crippen MR) is 85.2 cm³/mol. The highest BCUT2D eigenvalue weighted by atomic mass is 32.1. The molecule has 3 aromatic rings. The summed E-state index contributed by atoms with van der Waals surface area (Å²) in [5.74, 6) is -0.198. The Labute approximate surface area is 136 Å². The number of nitrogens with zero attached hydrogens (tertiary/aromatic N) is 5. The van der Waals surface area contributed by atoms with E-state index in [4.69, 9.17) is 0 Å². The van der Waals surface area contributed by atoms with E-state index < -0.39 is 6.04 Å². The molecule has 7 nitrogen and oxygen atoms in total. The number of carbonyl (C=O) groups is 1. The minimum absolute atomic E-state index is 0.198. The fraction of sp³-hybridized carbons (Fsp3) is 0.267. The van der Waals surface area contributed by atoms with Crippen molar-refractivity contribution in [1.82, 2.24) is 25.2 Å². The first kappa shape index (κ1) is 14.0. The molecule has 0 spiro atoms. The van der Waals surface area contributed by atoms with E-state index >= 15 is 0 Å². The number of rotatable bonds is 4. The van der Waals surface area contributed by atoms with Gasteiger partial charge in [0.05, 0.1) is 5.69 Å². The van der Waals surface area contributed by atoms with Crippen LogP contribution in [-0.2, 0) is 17.6 Å². The van der Waals surface area contributed by atoms with Gasteiger partial charge < -0.3 is 0 Å². The predicted octanol–water partition coefficient (Wildman–Crippen LogP) is 1.85. The number of tetrazole rings is 1. The Morgan fingerprint density at radius 3 is 2.87 bits per heavy atom. The second kappa shape index (κ2) is 5.88. The third-order valence-electron chi connectivity index (χ3n) is 3.82. The zero-order valence-electron chi connectivity index (χ0n) is 12.2. The summed E-state index contributed by atoms with van der Waals surface area (Å²) in [6.45, 7) is 0. The molecule has 8 heteroatoms. The minimum atomic E-state index is -0.620. The molecule has 0 fully saturated rings. The van der Waals surface area contributed by atoms with Gasteiger partial charge in [-0.15, -0.1) is 16.4 Å². The number of aromatic nitrogens is 5. The maximum Gasteiger partial charge on any atom is 0.255 e. The lowest BCUT2D eigenvalue weighted by molar-refractivity contribution is -0.118. The molecule has 0 aliphatic heterocycles. The highest BCUT2D eigenvalue weighted by molar-refractivity contribution is 7.15. The van der Waals surface area contributed by atoms with Crippen LogP contribution >= 0.6 is 11.3 Å². The van der Waals surface area contributed by atoms with Gasteiger partial charge in [0.15, 0.2) is 11.2 Å². The molecule has 1 atom stereocenters. The highest BCUT2D eigenvalue weighted by Gasteiger charge is 2.26. The van der Waals surface area contributed by atoms with Crippen LogP contribution in [-0.4, -0.2) is 31.1 Å². The van der Waals surface area contributed by atoms with Gasteiger partial charge in [-0.2, -0.15) is 0 Å². The molecule has 23 heavy (non-hydrogen) atoms. The maximum absolute atomic E-state index is 12.8. The van der Waals surface area contributed by atoms with Crippen LogP contribution in [0.4, 0.5) is 5.13 Å². The number of thiazole rings is 1. The van der Waals surface area contributed by atoms with Crippen molar-refractivity contribution in [3.8, 4) is 0 Å². The van der Waals surface area contributed by atoms with Gasteiger partial charge in [-0.1, -0.05) is 30.3 Å². The number of hydrogen-bond acceptors (Lipinski definition) is 6. The molecule has 1 aliphatic rings. The third kappa shape index (κ3) is 2.72. The van der Waals surface area contributed by atoms with Crippen LogP contribution in [0.1, 0.15) is 28.6 Å². The molecule has 4 rings (SSSR count). The van der Waals surface area contributed by atoms with Crippen LogP contribution in [0.2, 0.25) is 0 Å². The lowest BCUT2D eigenvalue weighted by Crippen LogP contribution is -2.27. The van der Waals surface area contributed by atoms with Gasteiger partial charge in [0.25, 0.3) is 5.91 Å². The van der Waals surface area contributed by atoms with Crippen molar-refractivity contribution < 1.29 is 4.79 Å². The molecule has 1 amide bonds. The van der Waals surface area contributed by atoms with E-state index in [9.17, 15) is 4.79 Å². The van der Waals surface area contributed by atoms with Gasteiger partial charge in [-0.05, 0) is 35.3 Å². The number of carbonyl (C=O) groups excluding carboxylic acids is 1. The Kier molecular flexibility index (Phi) is 3.58. The lowest BCUT2D eigenvalue weighted by Gasteiger charge is -2.15. The average Bonchev–Trinajstić information content (AvgIpc) is 3.26. The summed E-state index contributed by atoms with van der Waals surface area (Å²) in [5.41, 5.74) is 1.94. The molecular formula is C15H14N6OS. The van der Waals surface area contributed by atoms with Crippen molar-refractivity contribution in [2.75, 3.05) is 5.32 Å². The Hall–Kier alpha value is -2.61. The van der Waals surface area contributed by atoms with Crippen LogP contribution in [0.25, 0.3) is 0 Å². The summed E-state index contributed by atoms with van der Waals surface area (Å²) in [5, 5.41) is 14.7. The molecule has 0 saturated heterocycles. The number of aryl methyl sites for hydroxylation is 2. The van der Waals surface area contributed by atoms with E-state index in [0.29, 0.717) is 5.13 Å². The van der Waals surface area contributed by atoms with Crippen molar-refractivity contribution in [2.45, 2.75) is 25.3 Å². The van der Waals surface area contributed by atoms with Gasteiger partial charge in [-0.3, -0.25) is 10.1 Å². The molecule has 1 aromatic carbocycles. The SMILES string of the molecule is O=C(Nc1nc2c(s1)CCC2)[C@@H](c1ccccc1)n1cnnn1. The van der Waals surface area contributed by atoms with Crippen LogP contribution in [0.3, 0.4) is 0 Å². The van der Waals surface area contributed by atoms with Gasteiger partial charge in [0.2, 0.25) is 0 Å². The lowest BCUT2D eigenvalue weighted by atomic mass is 10.1. The maximum atomic E-state index is 12.8. The summed E-state index contributed by atoms with van der Waals surface area (Å²) in [7, 11) is 0. The largest absolute Gasteiger partial charge is 0.300 e. The molecule has 1 N–H and O–H groups in total. The Balaban J connectivity index is 1.62. The zero-order valence-corrected chi connectivity index (χ0v) is 13.0. The Morgan fingerprint density at radius 2 is 2.13 bits per heavy atom. The monoisotopic (exact) mass is 326 g/mol. The van der Waals surface area contributed by atoms with E-state index in [1.807, 2.05) is 30.3 Å². The second-order valence-electron chi connectivity index (χ2n) is 5.33. The molecule has 1 aliphatic carbocycles. The van der Waals surface area contributed by atoms with Gasteiger partial charge >= 0.3 is 0 Å². The summed E-state index contributed by atoms with van der Waals surface area (Å²) in [6.07, 6.45) is 4.65. The van der Waals surface area contributed by atoms with E-state index in [2.05, 4.69) is 25.8 Å². The zero-order chi connectivity index (χ0) is 15.6. The third-order valence-corrected chi connectivity index (χ3v) is 4.89. The molecule has 0 bridgehead atoms. The molecule has 0 unspecified atom stereocenters. The van der Waals surface area contributed by atoms with Crippen LogP contribution < -0.4 is 5.32 Å². The molecule has 2 aromatic heterocycles. The smallest absolute Gasteiger partial charge is 0.255 e. The molecular weight excluding hydrogens is 312 g/mol. The number of nitrogens with one attached hydrogen (secondary N) is 1. The van der Waals surface area contributed by atoms with Crippen molar-refractivity contribution in [1.29, 1.82) is 0 Å². The fourth-order valence-electron chi connectivity index (χ4n) is 2.76. The highest BCUT2D eigenvalue weighted by Crippen LogP contribution is 2.31. The van der Waals surface area contributed by atoms with Crippen molar-refractivity contribution in [2.24, 2.45) is 0 Å². The molecule has 116 valence electrons. The van der Waals surface area contributed by atoms with Crippen LogP contribution in [0.5, 0.6) is 0 Å². The standard InChI is InChI=1S/C15H14N6OS/c22-14(18-15-17-11-7-4-8-12(11)23-15)13(21-9-16-19-20-21)10-5-2-1-3-6-10/h1-3,5-6,9,13H,4,7-8H2,(H,17,18,22)/t13-/m1/s1. The topological polar surface area (TPSA) is 85.6 Å². The first-order valence-corrected chi connectivity index (χ1v) is 8.20. The normalized spacial score (nSPS) is 14.4. The average molecular weight is 326 g/mol. The summed E-state index contributed by atoms with van der Waals surface area (Å²) < 4.78 is 1.45. The Bertz CT molecular complexity index is 792. The summed E-state index contributed by atoms with van der Waals surface area (Å²) >= 11 is 1.56. The molecule has 0 saturated carbocycles. The second-order valence-corrected chi connectivity index (χ2v) is 6.42. The van der Waals surface area contributed by atoms with Crippen molar-refractivity contribution >= 4 is 22.4 Å². The van der Waals surface area contributed by atoms with E-state index in [-0.39, 0.29) is 5.91 Å². The van der Waals surface area contributed by atoms with Crippen molar-refractivity contribution in [3.63, 3.8) is 0 Å². The van der Waals surface area contributed by atoms with E-state index in [1.54, 1.807) is 11.3 Å². The molecule has 2 heterocycles. The number of anilines is 1. The fourth-order valence-corrected chi connectivity index (χ4v) is 3.82. The summed E-state index contributed by atoms with van der Waals surface area (Å²) in [4.78, 5) is 18.6. The van der Waals surface area contributed by atoms with Gasteiger partial charge in [0.1, 0.15) is 6.33 Å². The first-order chi connectivity index (χ1) is 11.3. The molecule has 0 radical (unpaired) electrons. The van der Waals surface area contributed by atoms with Crippen LogP contribution in [0.15, 0.2) is 36.7 Å². The number of hydrogen-bond donors (Lipinski definition) is 1. The van der Waals surface area contributed by atoms with Crippen molar-refractivity contribution in [3.05, 3.63) is 52.8 Å². The van der Waals surface area contributed by atoms with Gasteiger partial charge in [-0.25, -0.2) is 9.67 Å². The number of fused-ring (bicyclic) bond motifs is 1. The summed E-state index contributed by atoms with van der Waals surface area (Å²) in [6, 6.07) is 8.82. The van der Waals surface area contributed by atoms with Gasteiger partial charge in [0, 0.05) is 4.88 Å². The first-order valence-electron chi connectivity index (χ1n) is 7.38. The number of benzene rings is 1. The Morgan fingerprint density at radius 1 is 1.26 bits per heavy atom. The minimum Gasteiger partial charge on any atom is -0.300 e. The quantitative estimate of drug-likeness (QED) is 0.791. The van der Waals surface area contributed by atoms with Crippen LogP contribution in [0, 0.1) is 0 Å². The van der Waals surface area contributed by atoms with E-state index in [0.717, 1.165) is 30.5 Å².